The van der Waals surface area contributed by atoms with Crippen molar-refractivity contribution in [2.75, 3.05) is 0 Å². The fourth-order valence-corrected chi connectivity index (χ4v) is 2.69. The van der Waals surface area contributed by atoms with Gasteiger partial charge in [-0.15, -0.1) is 0 Å². The number of aromatic nitrogens is 1. The number of rotatable bonds is 2. The van der Waals surface area contributed by atoms with Crippen LogP contribution in [-0.4, -0.2) is 4.98 Å². The molecule has 17 heavy (non-hydrogen) atoms. The predicted octanol–water partition coefficient (Wildman–Crippen LogP) is 5.05. The topological polar surface area (TPSA) is 12.9 Å². The monoisotopic (exact) mass is 315 g/mol. The summed E-state index contributed by atoms with van der Waals surface area (Å²) in [7, 11) is 0. The molecule has 1 heterocycles. The SMILES string of the molecule is CCCc1cc2c(F)c(Br)cc(C)c2nc1Cl. The van der Waals surface area contributed by atoms with E-state index in [1.165, 1.54) is 0 Å². The molecule has 0 unspecified atom stereocenters. The van der Waals surface area contributed by atoms with E-state index >= 15 is 0 Å². The largest absolute Gasteiger partial charge is 0.235 e. The van der Waals surface area contributed by atoms with Crippen molar-refractivity contribution in [2.24, 2.45) is 0 Å². The summed E-state index contributed by atoms with van der Waals surface area (Å²) in [4.78, 5) is 4.30. The van der Waals surface area contributed by atoms with E-state index in [0.29, 0.717) is 20.5 Å². The molecule has 1 aromatic carbocycles. The van der Waals surface area contributed by atoms with Crippen LogP contribution in [0.4, 0.5) is 4.39 Å². The summed E-state index contributed by atoms with van der Waals surface area (Å²) in [5.74, 6) is -0.271. The fraction of sp³-hybridized carbons (Fsp3) is 0.308. The van der Waals surface area contributed by atoms with E-state index in [1.54, 1.807) is 12.1 Å². The molecule has 0 aliphatic rings. The Morgan fingerprint density at radius 1 is 1.41 bits per heavy atom. The molecule has 0 fully saturated rings. The van der Waals surface area contributed by atoms with Crippen molar-refractivity contribution in [1.82, 2.24) is 4.98 Å². The maximum atomic E-state index is 14.0. The zero-order valence-corrected chi connectivity index (χ0v) is 12.0. The van der Waals surface area contributed by atoms with Gasteiger partial charge in [0.15, 0.2) is 0 Å². The average Bonchev–Trinajstić information content (AvgIpc) is 2.28. The van der Waals surface area contributed by atoms with Crippen LogP contribution in [0.2, 0.25) is 5.15 Å². The van der Waals surface area contributed by atoms with Crippen LogP contribution >= 0.6 is 27.5 Å². The van der Waals surface area contributed by atoms with Gasteiger partial charge < -0.3 is 0 Å². The van der Waals surface area contributed by atoms with Gasteiger partial charge in [-0.1, -0.05) is 24.9 Å². The minimum Gasteiger partial charge on any atom is -0.235 e. The number of nitrogens with zero attached hydrogens (tertiary/aromatic N) is 1. The molecular formula is C13H12BrClFN. The minimum atomic E-state index is -0.271. The lowest BCUT2D eigenvalue weighted by Gasteiger charge is -2.09. The molecule has 0 aliphatic heterocycles. The van der Waals surface area contributed by atoms with Crippen molar-refractivity contribution in [2.45, 2.75) is 26.7 Å². The Labute approximate surface area is 113 Å². The second-order valence-corrected chi connectivity index (χ2v) is 5.29. The second-order valence-electron chi connectivity index (χ2n) is 4.07. The van der Waals surface area contributed by atoms with Gasteiger partial charge in [-0.2, -0.15) is 0 Å². The number of benzene rings is 1. The Kier molecular flexibility index (Phi) is 3.69. The number of hydrogen-bond donors (Lipinski definition) is 0. The number of halogens is 3. The third kappa shape index (κ3) is 2.31. The lowest BCUT2D eigenvalue weighted by molar-refractivity contribution is 0.632. The third-order valence-corrected chi connectivity index (χ3v) is 3.64. The number of aryl methyl sites for hydroxylation is 2. The van der Waals surface area contributed by atoms with Crippen LogP contribution in [-0.2, 0) is 6.42 Å². The van der Waals surface area contributed by atoms with E-state index in [-0.39, 0.29) is 5.82 Å². The Morgan fingerprint density at radius 2 is 2.12 bits per heavy atom. The van der Waals surface area contributed by atoms with Crippen molar-refractivity contribution < 1.29 is 4.39 Å². The molecule has 2 rings (SSSR count). The van der Waals surface area contributed by atoms with Gasteiger partial charge in [-0.25, -0.2) is 9.37 Å². The van der Waals surface area contributed by atoms with E-state index in [2.05, 4.69) is 27.8 Å². The highest BCUT2D eigenvalue weighted by Gasteiger charge is 2.12. The van der Waals surface area contributed by atoms with Crippen molar-refractivity contribution in [1.29, 1.82) is 0 Å². The minimum absolute atomic E-state index is 0.271. The van der Waals surface area contributed by atoms with Gasteiger partial charge in [0.05, 0.1) is 9.99 Å². The van der Waals surface area contributed by atoms with Gasteiger partial charge >= 0.3 is 0 Å². The Hall–Kier alpha value is -0.670. The predicted molar refractivity (Wildman–Crippen MR) is 73.1 cm³/mol. The van der Waals surface area contributed by atoms with Crippen LogP contribution in [0.3, 0.4) is 0 Å². The third-order valence-electron chi connectivity index (χ3n) is 2.73. The summed E-state index contributed by atoms with van der Waals surface area (Å²) >= 11 is 9.31. The van der Waals surface area contributed by atoms with Gasteiger partial charge in [0.2, 0.25) is 0 Å². The smallest absolute Gasteiger partial charge is 0.146 e. The number of pyridine rings is 1. The molecule has 0 spiro atoms. The van der Waals surface area contributed by atoms with Crippen molar-refractivity contribution in [3.63, 3.8) is 0 Å². The van der Waals surface area contributed by atoms with Crippen molar-refractivity contribution in [3.05, 3.63) is 38.7 Å². The normalized spacial score (nSPS) is 11.1. The van der Waals surface area contributed by atoms with Crippen LogP contribution in [0.15, 0.2) is 16.6 Å². The molecule has 1 nitrogen and oxygen atoms in total. The molecule has 0 aliphatic carbocycles. The van der Waals surface area contributed by atoms with Crippen LogP contribution in [0, 0.1) is 12.7 Å². The van der Waals surface area contributed by atoms with E-state index in [0.717, 1.165) is 24.0 Å². The van der Waals surface area contributed by atoms with E-state index < -0.39 is 0 Å². The molecule has 0 saturated heterocycles. The van der Waals surface area contributed by atoms with Crippen LogP contribution in [0.1, 0.15) is 24.5 Å². The maximum absolute atomic E-state index is 14.0. The van der Waals surface area contributed by atoms with Gasteiger partial charge in [-0.3, -0.25) is 0 Å². The lowest BCUT2D eigenvalue weighted by Crippen LogP contribution is -1.95. The summed E-state index contributed by atoms with van der Waals surface area (Å²) < 4.78 is 14.5. The molecule has 0 amide bonds. The molecule has 0 atom stereocenters. The highest BCUT2D eigenvalue weighted by atomic mass is 79.9. The molecule has 0 radical (unpaired) electrons. The molecule has 0 N–H and O–H groups in total. The van der Waals surface area contributed by atoms with Crippen molar-refractivity contribution >= 4 is 38.4 Å². The zero-order chi connectivity index (χ0) is 12.6. The van der Waals surface area contributed by atoms with Crippen LogP contribution < -0.4 is 0 Å². The second kappa shape index (κ2) is 4.91. The molecule has 4 heteroatoms. The Balaban J connectivity index is 2.79. The van der Waals surface area contributed by atoms with E-state index in [1.807, 2.05) is 6.92 Å². The summed E-state index contributed by atoms with van der Waals surface area (Å²) in [6.07, 6.45) is 1.77. The van der Waals surface area contributed by atoms with E-state index in [4.69, 9.17) is 11.6 Å². The summed E-state index contributed by atoms with van der Waals surface area (Å²) in [6, 6.07) is 3.53. The van der Waals surface area contributed by atoms with Gasteiger partial charge in [0.1, 0.15) is 11.0 Å². The Morgan fingerprint density at radius 3 is 2.76 bits per heavy atom. The highest BCUT2D eigenvalue weighted by molar-refractivity contribution is 9.10. The molecule has 2 aromatic rings. The van der Waals surface area contributed by atoms with E-state index in [9.17, 15) is 4.39 Å². The molecule has 0 bridgehead atoms. The Bertz CT molecular complexity index is 583. The highest BCUT2D eigenvalue weighted by Crippen LogP contribution is 2.30. The lowest BCUT2D eigenvalue weighted by atomic mass is 10.1. The number of hydrogen-bond acceptors (Lipinski definition) is 1. The quantitative estimate of drug-likeness (QED) is 0.706. The first-order chi connectivity index (χ1) is 8.04. The molecular weight excluding hydrogens is 305 g/mol. The standard InChI is InChI=1S/C13H12BrClFN/c1-3-4-8-6-9-11(16)10(14)5-7(2)12(9)17-13(8)15/h5-6H,3-4H2,1-2H3. The summed E-state index contributed by atoms with van der Waals surface area (Å²) in [6.45, 7) is 3.96. The van der Waals surface area contributed by atoms with Gasteiger partial charge in [0.25, 0.3) is 0 Å². The van der Waals surface area contributed by atoms with Gasteiger partial charge in [0, 0.05) is 5.39 Å². The average molecular weight is 317 g/mol. The summed E-state index contributed by atoms with van der Waals surface area (Å²) in [5.41, 5.74) is 2.45. The maximum Gasteiger partial charge on any atom is 0.146 e. The van der Waals surface area contributed by atoms with Crippen LogP contribution in [0.25, 0.3) is 10.9 Å². The zero-order valence-electron chi connectivity index (χ0n) is 9.65. The first-order valence-corrected chi connectivity index (χ1v) is 6.65. The van der Waals surface area contributed by atoms with Crippen LogP contribution in [0.5, 0.6) is 0 Å². The fourth-order valence-electron chi connectivity index (χ4n) is 1.90. The molecule has 1 aromatic heterocycles. The number of fused-ring (bicyclic) bond motifs is 1. The first-order valence-electron chi connectivity index (χ1n) is 5.48. The van der Waals surface area contributed by atoms with Gasteiger partial charge in [-0.05, 0) is 52.5 Å². The van der Waals surface area contributed by atoms with Crippen molar-refractivity contribution in [3.8, 4) is 0 Å². The molecule has 0 saturated carbocycles. The molecule has 90 valence electrons. The summed E-state index contributed by atoms with van der Waals surface area (Å²) in [5, 5.41) is 1.01. The first kappa shape index (κ1) is 12.8.